The predicted octanol–water partition coefficient (Wildman–Crippen LogP) is 2.89. The van der Waals surface area contributed by atoms with Gasteiger partial charge < -0.3 is 4.57 Å². The molecule has 0 amide bonds. The standard InChI is InChI=1S/C18H16ClN3O2/c1-11-16(19)14(10-13-8-9-15(23)21-20-13)22(2)17(11)18(24)12-6-4-3-5-7-12/h3-9H,10H2,1-2H3,(H,21,23). The van der Waals surface area contributed by atoms with Crippen molar-refractivity contribution in [2.24, 2.45) is 7.05 Å². The van der Waals surface area contributed by atoms with Gasteiger partial charge >= 0.3 is 0 Å². The van der Waals surface area contributed by atoms with Crippen molar-refractivity contribution < 1.29 is 4.79 Å². The van der Waals surface area contributed by atoms with E-state index in [0.29, 0.717) is 28.4 Å². The predicted molar refractivity (Wildman–Crippen MR) is 92.7 cm³/mol. The first kappa shape index (κ1) is 16.2. The molecule has 0 aliphatic rings. The maximum atomic E-state index is 12.8. The Bertz CT molecular complexity index is 938. The van der Waals surface area contributed by atoms with Crippen LogP contribution in [0.2, 0.25) is 5.02 Å². The third-order valence-electron chi connectivity index (χ3n) is 4.01. The highest BCUT2D eigenvalue weighted by atomic mass is 35.5. The molecule has 0 fully saturated rings. The van der Waals surface area contributed by atoms with Crippen molar-refractivity contribution in [3.05, 3.63) is 86.0 Å². The van der Waals surface area contributed by atoms with Gasteiger partial charge in [-0.15, -0.1) is 0 Å². The second-order valence-electron chi connectivity index (χ2n) is 5.58. The van der Waals surface area contributed by atoms with Crippen molar-refractivity contribution >= 4 is 17.4 Å². The molecule has 0 unspecified atom stereocenters. The highest BCUT2D eigenvalue weighted by Crippen LogP contribution is 2.29. The first-order valence-electron chi connectivity index (χ1n) is 7.47. The van der Waals surface area contributed by atoms with Crippen molar-refractivity contribution in [1.82, 2.24) is 14.8 Å². The van der Waals surface area contributed by atoms with Crippen LogP contribution in [0.3, 0.4) is 0 Å². The van der Waals surface area contributed by atoms with Crippen LogP contribution in [0.1, 0.15) is 33.0 Å². The zero-order valence-electron chi connectivity index (χ0n) is 13.3. The van der Waals surface area contributed by atoms with Gasteiger partial charge in [0.05, 0.1) is 16.4 Å². The Hall–Kier alpha value is -2.66. The number of aromatic amines is 1. The van der Waals surface area contributed by atoms with E-state index in [1.165, 1.54) is 6.07 Å². The average Bonchev–Trinajstić information content (AvgIpc) is 2.80. The van der Waals surface area contributed by atoms with E-state index >= 15 is 0 Å². The molecule has 24 heavy (non-hydrogen) atoms. The fourth-order valence-electron chi connectivity index (χ4n) is 2.74. The minimum absolute atomic E-state index is 0.0711. The number of H-pyrrole nitrogens is 1. The Morgan fingerprint density at radius 1 is 1.21 bits per heavy atom. The van der Waals surface area contributed by atoms with Gasteiger partial charge in [0.15, 0.2) is 0 Å². The summed E-state index contributed by atoms with van der Waals surface area (Å²) in [7, 11) is 1.82. The lowest BCUT2D eigenvalue weighted by Crippen LogP contribution is -2.12. The van der Waals surface area contributed by atoms with E-state index < -0.39 is 0 Å². The molecule has 0 aliphatic carbocycles. The van der Waals surface area contributed by atoms with E-state index in [1.807, 2.05) is 32.2 Å². The molecule has 6 heteroatoms. The van der Waals surface area contributed by atoms with Crippen LogP contribution in [0.4, 0.5) is 0 Å². The summed E-state index contributed by atoms with van der Waals surface area (Å²) in [6.07, 6.45) is 0.426. The Balaban J connectivity index is 2.02. The summed E-state index contributed by atoms with van der Waals surface area (Å²) in [5.74, 6) is -0.0711. The van der Waals surface area contributed by atoms with E-state index in [0.717, 1.165) is 11.3 Å². The lowest BCUT2D eigenvalue weighted by atomic mass is 10.1. The number of nitrogens with zero attached hydrogens (tertiary/aromatic N) is 2. The van der Waals surface area contributed by atoms with Gasteiger partial charge in [0.2, 0.25) is 5.78 Å². The number of benzene rings is 1. The van der Waals surface area contributed by atoms with Gasteiger partial charge in [-0.25, -0.2) is 5.10 Å². The number of carbonyl (C=O) groups is 1. The number of aromatic nitrogens is 3. The molecule has 0 radical (unpaired) electrons. The fourth-order valence-corrected chi connectivity index (χ4v) is 3.03. The van der Waals surface area contributed by atoms with E-state index in [1.54, 1.807) is 22.8 Å². The highest BCUT2D eigenvalue weighted by molar-refractivity contribution is 6.33. The molecule has 0 aliphatic heterocycles. The third-order valence-corrected chi connectivity index (χ3v) is 4.52. The van der Waals surface area contributed by atoms with E-state index in [4.69, 9.17) is 11.6 Å². The smallest absolute Gasteiger partial charge is 0.264 e. The zero-order chi connectivity index (χ0) is 17.3. The molecule has 2 heterocycles. The van der Waals surface area contributed by atoms with Crippen molar-refractivity contribution in [1.29, 1.82) is 0 Å². The van der Waals surface area contributed by atoms with E-state index in [-0.39, 0.29) is 11.3 Å². The van der Waals surface area contributed by atoms with Crippen molar-refractivity contribution in [2.45, 2.75) is 13.3 Å². The number of hydrogen-bond acceptors (Lipinski definition) is 3. The molecule has 0 bridgehead atoms. The molecule has 2 aromatic heterocycles. The maximum Gasteiger partial charge on any atom is 0.264 e. The average molecular weight is 342 g/mol. The van der Waals surface area contributed by atoms with Crippen molar-refractivity contribution in [3.8, 4) is 0 Å². The van der Waals surface area contributed by atoms with Crippen LogP contribution in [0, 0.1) is 6.92 Å². The minimum Gasteiger partial charge on any atom is -0.343 e. The molecule has 0 spiro atoms. The number of hydrogen-bond donors (Lipinski definition) is 1. The third kappa shape index (κ3) is 2.90. The van der Waals surface area contributed by atoms with E-state index in [9.17, 15) is 9.59 Å². The summed E-state index contributed by atoms with van der Waals surface area (Å²) in [5.41, 5.74) is 3.13. The second-order valence-corrected chi connectivity index (χ2v) is 5.96. The first-order chi connectivity index (χ1) is 11.5. The number of rotatable bonds is 4. The van der Waals surface area contributed by atoms with Gasteiger partial charge in [-0.05, 0) is 18.6 Å². The molecular formula is C18H16ClN3O2. The fraction of sp³-hybridized carbons (Fsp3) is 0.167. The van der Waals surface area contributed by atoms with Crippen LogP contribution in [0.25, 0.3) is 0 Å². The van der Waals surface area contributed by atoms with Crippen LogP contribution in [-0.2, 0) is 13.5 Å². The Morgan fingerprint density at radius 2 is 1.92 bits per heavy atom. The maximum absolute atomic E-state index is 12.8. The molecule has 0 saturated heterocycles. The summed E-state index contributed by atoms with van der Waals surface area (Å²) in [6.45, 7) is 1.84. The molecular weight excluding hydrogens is 326 g/mol. The largest absolute Gasteiger partial charge is 0.343 e. The SMILES string of the molecule is Cc1c(Cl)c(Cc2ccc(=O)[nH]n2)n(C)c1C(=O)c1ccccc1. The van der Waals surface area contributed by atoms with Gasteiger partial charge in [0.1, 0.15) is 0 Å². The van der Waals surface area contributed by atoms with E-state index in [2.05, 4.69) is 10.2 Å². The number of carbonyl (C=O) groups excluding carboxylic acids is 1. The Labute approximate surface area is 143 Å². The van der Waals surface area contributed by atoms with Crippen LogP contribution in [0.15, 0.2) is 47.3 Å². The van der Waals surface area contributed by atoms with Crippen LogP contribution in [0.5, 0.6) is 0 Å². The molecule has 122 valence electrons. The van der Waals surface area contributed by atoms with Gasteiger partial charge in [0, 0.05) is 30.8 Å². The molecule has 5 nitrogen and oxygen atoms in total. The molecule has 1 aromatic carbocycles. The van der Waals surface area contributed by atoms with Crippen LogP contribution in [-0.4, -0.2) is 20.5 Å². The van der Waals surface area contributed by atoms with Gasteiger partial charge in [-0.3, -0.25) is 9.59 Å². The van der Waals surface area contributed by atoms with Gasteiger partial charge in [-0.2, -0.15) is 5.10 Å². The number of ketones is 1. The summed E-state index contributed by atoms with van der Waals surface area (Å²) >= 11 is 6.46. The summed E-state index contributed by atoms with van der Waals surface area (Å²) in [4.78, 5) is 23.9. The Morgan fingerprint density at radius 3 is 2.54 bits per heavy atom. The normalized spacial score (nSPS) is 10.8. The quantitative estimate of drug-likeness (QED) is 0.742. The van der Waals surface area contributed by atoms with Gasteiger partial charge in [0.25, 0.3) is 5.56 Å². The molecule has 3 rings (SSSR count). The van der Waals surface area contributed by atoms with Crippen molar-refractivity contribution in [3.63, 3.8) is 0 Å². The molecule has 0 atom stereocenters. The summed E-state index contributed by atoms with van der Waals surface area (Å²) in [5, 5.41) is 6.95. The van der Waals surface area contributed by atoms with Crippen LogP contribution >= 0.6 is 11.6 Å². The molecule has 3 aromatic rings. The number of nitrogens with one attached hydrogen (secondary N) is 1. The summed E-state index contributed by atoms with van der Waals surface area (Å²) in [6, 6.07) is 12.2. The monoisotopic (exact) mass is 341 g/mol. The number of halogens is 1. The summed E-state index contributed by atoms with van der Waals surface area (Å²) < 4.78 is 1.81. The lowest BCUT2D eigenvalue weighted by molar-refractivity contribution is 0.103. The lowest BCUT2D eigenvalue weighted by Gasteiger charge is -2.07. The molecule has 0 saturated carbocycles. The first-order valence-corrected chi connectivity index (χ1v) is 7.85. The van der Waals surface area contributed by atoms with Gasteiger partial charge in [-0.1, -0.05) is 41.9 Å². The minimum atomic E-state index is -0.257. The van der Waals surface area contributed by atoms with Crippen LogP contribution < -0.4 is 5.56 Å². The highest BCUT2D eigenvalue weighted by Gasteiger charge is 2.23. The zero-order valence-corrected chi connectivity index (χ0v) is 14.1. The Kier molecular flexibility index (Phi) is 4.36. The van der Waals surface area contributed by atoms with Crippen molar-refractivity contribution in [2.75, 3.05) is 0 Å². The molecule has 1 N–H and O–H groups in total. The second kappa shape index (κ2) is 6.45. The topological polar surface area (TPSA) is 67.8 Å².